The molecule has 0 atom stereocenters. The molecule has 8 nitrogen and oxygen atoms in total. The summed E-state index contributed by atoms with van der Waals surface area (Å²) in [6, 6.07) is 6.50. The number of nitrogens with one attached hydrogen (secondary N) is 1. The zero-order valence-corrected chi connectivity index (χ0v) is 12.1. The average molecular weight is 327 g/mol. The summed E-state index contributed by atoms with van der Waals surface area (Å²) in [6.45, 7) is 0. The lowest BCUT2D eigenvalue weighted by molar-refractivity contribution is -0.384. The van der Waals surface area contributed by atoms with Crippen LogP contribution >= 0.6 is 0 Å². The van der Waals surface area contributed by atoms with Gasteiger partial charge in [0.2, 0.25) is 0 Å². The molecule has 120 valence electrons. The van der Waals surface area contributed by atoms with Gasteiger partial charge in [-0.2, -0.15) is 0 Å². The van der Waals surface area contributed by atoms with E-state index < -0.39 is 16.6 Å². The van der Waals surface area contributed by atoms with Gasteiger partial charge < -0.3 is 9.88 Å². The monoisotopic (exact) mass is 327 g/mol. The molecule has 0 fully saturated rings. The third-order valence-corrected chi connectivity index (χ3v) is 3.19. The van der Waals surface area contributed by atoms with Crippen molar-refractivity contribution >= 4 is 17.4 Å². The minimum atomic E-state index is -0.589. The zero-order valence-electron chi connectivity index (χ0n) is 12.1. The Balaban J connectivity index is 1.91. The predicted molar refractivity (Wildman–Crippen MR) is 82.4 cm³/mol. The van der Waals surface area contributed by atoms with Crippen LogP contribution < -0.4 is 5.32 Å². The Labute approximate surface area is 134 Å². The van der Waals surface area contributed by atoms with Crippen LogP contribution in [0.25, 0.3) is 5.69 Å². The van der Waals surface area contributed by atoms with Crippen molar-refractivity contribution in [2.24, 2.45) is 0 Å². The number of halogens is 1. The third kappa shape index (κ3) is 3.09. The predicted octanol–water partition coefficient (Wildman–Crippen LogP) is 2.57. The number of nitro benzene ring substituents is 1. The summed E-state index contributed by atoms with van der Waals surface area (Å²) in [4.78, 5) is 30.4. The molecular formula is C15H10FN5O3. The fourth-order valence-corrected chi connectivity index (χ4v) is 2.07. The second kappa shape index (κ2) is 6.24. The molecule has 3 aromatic rings. The van der Waals surface area contributed by atoms with Crippen molar-refractivity contribution in [1.29, 1.82) is 0 Å². The highest BCUT2D eigenvalue weighted by Gasteiger charge is 2.19. The van der Waals surface area contributed by atoms with Gasteiger partial charge in [0.15, 0.2) is 0 Å². The number of pyridine rings is 1. The molecule has 0 aliphatic rings. The maximum atomic E-state index is 12.8. The Bertz CT molecular complexity index is 894. The number of rotatable bonds is 4. The number of benzene rings is 1. The SMILES string of the molecule is O=C(Nc1ccc(F)cn1)c1ccc(-n2ccnc2)c([N+](=O)[O-])c1. The third-order valence-electron chi connectivity index (χ3n) is 3.19. The summed E-state index contributed by atoms with van der Waals surface area (Å²) in [5, 5.41) is 13.7. The number of amides is 1. The van der Waals surface area contributed by atoms with Crippen molar-refractivity contribution in [3.05, 3.63) is 76.7 Å². The van der Waals surface area contributed by atoms with Gasteiger partial charge in [-0.25, -0.2) is 14.4 Å². The number of nitrogens with zero attached hydrogens (tertiary/aromatic N) is 4. The lowest BCUT2D eigenvalue weighted by Gasteiger charge is -2.07. The van der Waals surface area contributed by atoms with E-state index in [9.17, 15) is 19.3 Å². The maximum absolute atomic E-state index is 12.8. The highest BCUT2D eigenvalue weighted by molar-refractivity contribution is 6.04. The molecule has 0 saturated heterocycles. The molecule has 9 heteroatoms. The summed E-state index contributed by atoms with van der Waals surface area (Å²) in [6.07, 6.45) is 5.43. The van der Waals surface area contributed by atoms with Crippen LogP contribution in [-0.4, -0.2) is 25.4 Å². The van der Waals surface area contributed by atoms with Crippen molar-refractivity contribution in [2.75, 3.05) is 5.32 Å². The number of carbonyl (C=O) groups is 1. The highest BCUT2D eigenvalue weighted by atomic mass is 19.1. The maximum Gasteiger partial charge on any atom is 0.294 e. The second-order valence-corrected chi connectivity index (χ2v) is 4.75. The van der Waals surface area contributed by atoms with Gasteiger partial charge in [0.05, 0.1) is 17.4 Å². The number of nitro groups is 1. The fraction of sp³-hybridized carbons (Fsp3) is 0. The highest BCUT2D eigenvalue weighted by Crippen LogP contribution is 2.24. The Morgan fingerprint density at radius 1 is 1.29 bits per heavy atom. The van der Waals surface area contributed by atoms with Crippen LogP contribution in [0, 0.1) is 15.9 Å². The van der Waals surface area contributed by atoms with Gasteiger partial charge in [-0.3, -0.25) is 14.9 Å². The van der Waals surface area contributed by atoms with Crippen LogP contribution in [0.4, 0.5) is 15.9 Å². The normalized spacial score (nSPS) is 10.4. The lowest BCUT2D eigenvalue weighted by Crippen LogP contribution is -2.13. The number of hydrogen-bond acceptors (Lipinski definition) is 5. The molecule has 1 N–H and O–H groups in total. The Morgan fingerprint density at radius 3 is 2.75 bits per heavy atom. The van der Waals surface area contributed by atoms with Crippen LogP contribution in [0.1, 0.15) is 10.4 Å². The molecule has 24 heavy (non-hydrogen) atoms. The van der Waals surface area contributed by atoms with Crippen LogP contribution in [0.5, 0.6) is 0 Å². The largest absolute Gasteiger partial charge is 0.307 e. The van der Waals surface area contributed by atoms with E-state index in [-0.39, 0.29) is 22.8 Å². The molecule has 0 radical (unpaired) electrons. The van der Waals surface area contributed by atoms with E-state index in [0.29, 0.717) is 0 Å². The molecule has 0 bridgehead atoms. The van der Waals surface area contributed by atoms with E-state index in [2.05, 4.69) is 15.3 Å². The molecule has 1 amide bonds. The number of anilines is 1. The molecule has 0 unspecified atom stereocenters. The first-order valence-electron chi connectivity index (χ1n) is 6.74. The quantitative estimate of drug-likeness (QED) is 0.586. The van der Waals surface area contributed by atoms with Crippen LogP contribution in [-0.2, 0) is 0 Å². The van der Waals surface area contributed by atoms with Gasteiger partial charge in [0.25, 0.3) is 11.6 Å². The molecular weight excluding hydrogens is 317 g/mol. The lowest BCUT2D eigenvalue weighted by atomic mass is 10.1. The molecule has 0 aliphatic carbocycles. The van der Waals surface area contributed by atoms with Crippen molar-refractivity contribution in [1.82, 2.24) is 14.5 Å². The Kier molecular flexibility index (Phi) is 3.98. The number of aromatic nitrogens is 3. The fourth-order valence-electron chi connectivity index (χ4n) is 2.07. The summed E-state index contributed by atoms with van der Waals surface area (Å²) in [5.41, 5.74) is 0.123. The van der Waals surface area contributed by atoms with E-state index in [1.807, 2.05) is 0 Å². The zero-order chi connectivity index (χ0) is 17.1. The van der Waals surface area contributed by atoms with Crippen molar-refractivity contribution in [3.63, 3.8) is 0 Å². The molecule has 0 spiro atoms. The van der Waals surface area contributed by atoms with Crippen molar-refractivity contribution < 1.29 is 14.1 Å². The van der Waals surface area contributed by atoms with Gasteiger partial charge in [0.1, 0.15) is 17.3 Å². The summed E-state index contributed by atoms with van der Waals surface area (Å²) >= 11 is 0. The average Bonchev–Trinajstić information content (AvgIpc) is 3.10. The van der Waals surface area contributed by atoms with E-state index in [0.717, 1.165) is 18.3 Å². The summed E-state index contributed by atoms with van der Waals surface area (Å²) < 4.78 is 14.3. The second-order valence-electron chi connectivity index (χ2n) is 4.75. The van der Waals surface area contributed by atoms with Crippen LogP contribution in [0.2, 0.25) is 0 Å². The van der Waals surface area contributed by atoms with Gasteiger partial charge in [0, 0.05) is 24.0 Å². The molecule has 3 rings (SSSR count). The van der Waals surface area contributed by atoms with Crippen molar-refractivity contribution in [3.8, 4) is 5.69 Å². The first-order valence-corrected chi connectivity index (χ1v) is 6.74. The Hall–Kier alpha value is -3.62. The first kappa shape index (κ1) is 15.3. The standard InChI is InChI=1S/C15H10FN5O3/c16-11-2-4-14(18-8-11)19-15(22)10-1-3-12(13(7-10)21(23)24)20-6-5-17-9-20/h1-9H,(H,18,19,22). The number of imidazole rings is 1. The van der Waals surface area contributed by atoms with Gasteiger partial charge in [-0.1, -0.05) is 0 Å². The van der Waals surface area contributed by atoms with Gasteiger partial charge in [-0.15, -0.1) is 0 Å². The van der Waals surface area contributed by atoms with E-state index in [1.54, 1.807) is 6.20 Å². The summed E-state index contributed by atoms with van der Waals surface area (Å²) in [5.74, 6) is -0.981. The molecule has 0 saturated carbocycles. The molecule has 0 aliphatic heterocycles. The number of carbonyl (C=O) groups excluding carboxylic acids is 1. The molecule has 2 heterocycles. The first-order chi connectivity index (χ1) is 11.5. The van der Waals surface area contributed by atoms with E-state index >= 15 is 0 Å². The minimum Gasteiger partial charge on any atom is -0.307 e. The van der Waals surface area contributed by atoms with E-state index in [4.69, 9.17) is 0 Å². The van der Waals surface area contributed by atoms with Gasteiger partial charge >= 0.3 is 0 Å². The number of hydrogen-bond donors (Lipinski definition) is 1. The molecule has 2 aromatic heterocycles. The minimum absolute atomic E-state index is 0.0803. The van der Waals surface area contributed by atoms with E-state index in [1.165, 1.54) is 35.3 Å². The summed E-state index contributed by atoms with van der Waals surface area (Å²) in [7, 11) is 0. The van der Waals surface area contributed by atoms with Crippen LogP contribution in [0.3, 0.4) is 0 Å². The van der Waals surface area contributed by atoms with Crippen molar-refractivity contribution in [2.45, 2.75) is 0 Å². The Morgan fingerprint density at radius 2 is 2.12 bits per heavy atom. The van der Waals surface area contributed by atoms with Crippen LogP contribution in [0.15, 0.2) is 55.2 Å². The molecule has 1 aromatic carbocycles. The van der Waals surface area contributed by atoms with Gasteiger partial charge in [-0.05, 0) is 24.3 Å². The smallest absolute Gasteiger partial charge is 0.294 e. The topological polar surface area (TPSA) is 103 Å².